The zero-order valence-electron chi connectivity index (χ0n) is 19.3. The van der Waals surface area contributed by atoms with Crippen LogP contribution in [0.3, 0.4) is 0 Å². The lowest BCUT2D eigenvalue weighted by Gasteiger charge is -2.37. The van der Waals surface area contributed by atoms with Crippen molar-refractivity contribution in [1.82, 2.24) is 10.2 Å². The van der Waals surface area contributed by atoms with E-state index in [1.807, 2.05) is 25.7 Å². The van der Waals surface area contributed by atoms with Crippen molar-refractivity contribution in [3.8, 4) is 5.75 Å². The number of benzene rings is 1. The molecule has 1 saturated heterocycles. The second-order valence-electron chi connectivity index (χ2n) is 10.1. The molecule has 170 valence electrons. The predicted molar refractivity (Wildman–Crippen MR) is 117 cm³/mol. The zero-order chi connectivity index (χ0) is 23.0. The van der Waals surface area contributed by atoms with Crippen LogP contribution in [0.1, 0.15) is 57.8 Å². The monoisotopic (exact) mass is 431 g/mol. The fraction of sp³-hybridized carbons (Fsp3) is 0.609. The minimum Gasteiger partial charge on any atom is -0.487 e. The maximum Gasteiger partial charge on any atom is 0.408 e. The molecule has 2 aliphatic rings. The Morgan fingerprint density at radius 1 is 1.19 bits per heavy atom. The average Bonchev–Trinajstić information content (AvgIpc) is 2.78. The van der Waals surface area contributed by atoms with E-state index >= 15 is 0 Å². The molecule has 0 spiro atoms. The van der Waals surface area contributed by atoms with E-state index in [1.165, 1.54) is 4.90 Å². The van der Waals surface area contributed by atoms with Crippen LogP contribution in [0.15, 0.2) is 18.2 Å². The van der Waals surface area contributed by atoms with Crippen molar-refractivity contribution < 1.29 is 23.9 Å². The number of fused-ring (bicyclic) bond motifs is 1. The highest BCUT2D eigenvalue weighted by molar-refractivity contribution is 6.01. The van der Waals surface area contributed by atoms with E-state index in [-0.39, 0.29) is 17.9 Å². The fourth-order valence-electron chi connectivity index (χ4n) is 3.65. The van der Waals surface area contributed by atoms with Gasteiger partial charge in [-0.1, -0.05) is 13.8 Å². The first kappa shape index (κ1) is 22.9. The number of nitrogens with one attached hydrogen (secondary N) is 1. The van der Waals surface area contributed by atoms with E-state index in [0.29, 0.717) is 30.1 Å². The molecule has 1 N–H and O–H groups in total. The van der Waals surface area contributed by atoms with Crippen molar-refractivity contribution in [2.75, 3.05) is 31.6 Å². The third kappa shape index (κ3) is 5.48. The van der Waals surface area contributed by atoms with Crippen LogP contribution in [-0.4, -0.2) is 61.2 Å². The summed E-state index contributed by atoms with van der Waals surface area (Å²) in [5, 5.41) is 2.67. The number of amides is 3. The number of nitrogens with zero attached hydrogens (tertiary/aromatic N) is 2. The SMILES string of the molecule is CN1C(=O)[C@@H](OC(=O)NC(C)(C)C)COc2ccc(C(=O)N3CCC(C)(C)CC3)cc21. The number of carbonyl (C=O) groups is 3. The highest BCUT2D eigenvalue weighted by Gasteiger charge is 2.34. The maximum atomic E-state index is 13.0. The number of likely N-dealkylation sites (N-methyl/N-ethyl adjacent to an activating group) is 1. The number of rotatable bonds is 2. The molecule has 0 bridgehead atoms. The molecule has 3 amide bonds. The summed E-state index contributed by atoms with van der Waals surface area (Å²) in [6.07, 6.45) is 0.155. The number of likely N-dealkylation sites (tertiary alicyclic amines) is 1. The quantitative estimate of drug-likeness (QED) is 0.777. The maximum absolute atomic E-state index is 13.0. The Morgan fingerprint density at radius 2 is 1.84 bits per heavy atom. The van der Waals surface area contributed by atoms with Crippen LogP contribution < -0.4 is 15.0 Å². The normalized spacial score (nSPS) is 21.0. The van der Waals surface area contributed by atoms with Gasteiger partial charge in [0.2, 0.25) is 6.10 Å². The van der Waals surface area contributed by atoms with Gasteiger partial charge < -0.3 is 24.6 Å². The summed E-state index contributed by atoms with van der Waals surface area (Å²) in [5.41, 5.74) is 0.751. The van der Waals surface area contributed by atoms with E-state index in [2.05, 4.69) is 19.2 Å². The van der Waals surface area contributed by atoms with Crippen molar-refractivity contribution in [2.45, 2.75) is 59.1 Å². The van der Waals surface area contributed by atoms with E-state index in [0.717, 1.165) is 12.8 Å². The number of hydrogen-bond donors (Lipinski definition) is 1. The lowest BCUT2D eigenvalue weighted by molar-refractivity contribution is -0.127. The lowest BCUT2D eigenvalue weighted by atomic mass is 9.82. The molecular weight excluding hydrogens is 398 g/mol. The molecule has 8 heteroatoms. The van der Waals surface area contributed by atoms with Crippen LogP contribution in [0.4, 0.5) is 10.5 Å². The molecule has 1 aromatic carbocycles. The van der Waals surface area contributed by atoms with Crippen molar-refractivity contribution >= 4 is 23.6 Å². The second kappa shape index (κ2) is 8.40. The topological polar surface area (TPSA) is 88.2 Å². The van der Waals surface area contributed by atoms with Gasteiger partial charge in [0.05, 0.1) is 5.69 Å². The molecule has 8 nitrogen and oxygen atoms in total. The minimum absolute atomic E-state index is 0.0549. The van der Waals surface area contributed by atoms with Crippen molar-refractivity contribution in [3.05, 3.63) is 23.8 Å². The number of anilines is 1. The van der Waals surface area contributed by atoms with E-state index < -0.39 is 23.6 Å². The minimum atomic E-state index is -1.08. The highest BCUT2D eigenvalue weighted by Crippen LogP contribution is 2.34. The average molecular weight is 432 g/mol. The van der Waals surface area contributed by atoms with Gasteiger partial charge in [-0.3, -0.25) is 9.59 Å². The first-order valence-electron chi connectivity index (χ1n) is 10.7. The molecule has 1 aromatic rings. The Hall–Kier alpha value is -2.77. The molecule has 0 aliphatic carbocycles. The molecular formula is C23H33N3O5. The zero-order valence-corrected chi connectivity index (χ0v) is 19.3. The third-order valence-electron chi connectivity index (χ3n) is 5.69. The summed E-state index contributed by atoms with van der Waals surface area (Å²) in [6, 6.07) is 5.08. The predicted octanol–water partition coefficient (Wildman–Crippen LogP) is 3.20. The number of hydrogen-bond acceptors (Lipinski definition) is 5. The van der Waals surface area contributed by atoms with E-state index in [1.54, 1.807) is 25.2 Å². The Morgan fingerprint density at radius 3 is 2.45 bits per heavy atom. The first-order valence-corrected chi connectivity index (χ1v) is 10.7. The Bertz CT molecular complexity index is 864. The number of piperidine rings is 1. The fourth-order valence-corrected chi connectivity index (χ4v) is 3.65. The Kier molecular flexibility index (Phi) is 6.21. The summed E-state index contributed by atoms with van der Waals surface area (Å²) in [4.78, 5) is 41.3. The van der Waals surface area contributed by atoms with Crippen LogP contribution in [0.25, 0.3) is 0 Å². The number of carbonyl (C=O) groups excluding carboxylic acids is 3. The number of ether oxygens (including phenoxy) is 2. The molecule has 3 rings (SSSR count). The summed E-state index contributed by atoms with van der Waals surface area (Å²) in [7, 11) is 1.59. The number of alkyl carbamates (subject to hydrolysis) is 1. The molecule has 2 heterocycles. The second-order valence-corrected chi connectivity index (χ2v) is 10.1. The highest BCUT2D eigenvalue weighted by atomic mass is 16.6. The largest absolute Gasteiger partial charge is 0.487 e. The summed E-state index contributed by atoms with van der Waals surface area (Å²) >= 11 is 0. The van der Waals surface area contributed by atoms with Gasteiger partial charge >= 0.3 is 6.09 Å². The van der Waals surface area contributed by atoms with Gasteiger partial charge in [0.25, 0.3) is 11.8 Å². The van der Waals surface area contributed by atoms with Crippen molar-refractivity contribution in [3.63, 3.8) is 0 Å². The smallest absolute Gasteiger partial charge is 0.408 e. The van der Waals surface area contributed by atoms with Crippen LogP contribution >= 0.6 is 0 Å². The summed E-state index contributed by atoms with van der Waals surface area (Å²) < 4.78 is 11.1. The van der Waals surface area contributed by atoms with Crippen LogP contribution in [-0.2, 0) is 9.53 Å². The van der Waals surface area contributed by atoms with Gasteiger partial charge in [0.15, 0.2) is 0 Å². The van der Waals surface area contributed by atoms with Gasteiger partial charge in [-0.25, -0.2) is 4.79 Å². The third-order valence-corrected chi connectivity index (χ3v) is 5.69. The van der Waals surface area contributed by atoms with Gasteiger partial charge in [-0.05, 0) is 57.2 Å². The van der Waals surface area contributed by atoms with Crippen LogP contribution in [0.5, 0.6) is 5.75 Å². The lowest BCUT2D eigenvalue weighted by Crippen LogP contribution is -2.47. The van der Waals surface area contributed by atoms with E-state index in [4.69, 9.17) is 9.47 Å². The molecule has 31 heavy (non-hydrogen) atoms. The van der Waals surface area contributed by atoms with Crippen LogP contribution in [0, 0.1) is 5.41 Å². The molecule has 0 aromatic heterocycles. The molecule has 0 radical (unpaired) electrons. The van der Waals surface area contributed by atoms with Crippen molar-refractivity contribution in [1.29, 1.82) is 0 Å². The van der Waals surface area contributed by atoms with E-state index in [9.17, 15) is 14.4 Å². The van der Waals surface area contributed by atoms with Gasteiger partial charge in [-0.15, -0.1) is 0 Å². The molecule has 2 aliphatic heterocycles. The molecule has 1 fully saturated rings. The van der Waals surface area contributed by atoms with Gasteiger partial charge in [0, 0.05) is 31.2 Å². The van der Waals surface area contributed by atoms with Gasteiger partial charge in [-0.2, -0.15) is 0 Å². The van der Waals surface area contributed by atoms with Crippen molar-refractivity contribution in [2.24, 2.45) is 5.41 Å². The van der Waals surface area contributed by atoms with Gasteiger partial charge in [0.1, 0.15) is 12.4 Å². The standard InChI is InChI=1S/C23H33N3O5/c1-22(2,3)24-21(29)31-18-14-30-17-8-7-15(13-16(17)25(6)20(18)28)19(27)26-11-9-23(4,5)10-12-26/h7-8,13,18H,9-12,14H2,1-6H3,(H,24,29)/t18-/m0/s1. The van der Waals surface area contributed by atoms with Crippen LogP contribution in [0.2, 0.25) is 0 Å². The molecule has 0 unspecified atom stereocenters. The summed E-state index contributed by atoms with van der Waals surface area (Å²) in [5.74, 6) is 0.00221. The first-order chi connectivity index (χ1) is 14.4. The molecule has 0 saturated carbocycles. The Labute approximate surface area is 183 Å². The molecule has 1 atom stereocenters. The summed E-state index contributed by atoms with van der Waals surface area (Å²) in [6.45, 7) is 11.2. The Balaban J connectivity index is 1.74.